The summed E-state index contributed by atoms with van der Waals surface area (Å²) in [5.41, 5.74) is 11.7. The summed E-state index contributed by atoms with van der Waals surface area (Å²) < 4.78 is 7.02. The van der Waals surface area contributed by atoms with Gasteiger partial charge in [-0.3, -0.25) is 14.6 Å². The van der Waals surface area contributed by atoms with E-state index in [0.29, 0.717) is 26.5 Å². The number of aromatic nitrogens is 3. The van der Waals surface area contributed by atoms with E-state index >= 15 is 0 Å². The van der Waals surface area contributed by atoms with Crippen LogP contribution in [0.3, 0.4) is 0 Å². The Hall–Kier alpha value is -3.75. The van der Waals surface area contributed by atoms with E-state index in [9.17, 15) is 4.79 Å². The van der Waals surface area contributed by atoms with Crippen LogP contribution in [0.15, 0.2) is 65.3 Å². The number of nitrogens with two attached hydrogens (primary N) is 1. The highest BCUT2D eigenvalue weighted by molar-refractivity contribution is 7.21. The Kier molecular flexibility index (Phi) is 5.27. The van der Waals surface area contributed by atoms with Crippen molar-refractivity contribution in [2.24, 2.45) is 0 Å². The summed E-state index contributed by atoms with van der Waals surface area (Å²) in [6.07, 6.45) is 3.84. The van der Waals surface area contributed by atoms with Crippen LogP contribution in [0.2, 0.25) is 5.02 Å². The van der Waals surface area contributed by atoms with Gasteiger partial charge < -0.3 is 5.73 Å². The zero-order valence-corrected chi connectivity index (χ0v) is 20.4. The van der Waals surface area contributed by atoms with Crippen LogP contribution in [0.5, 0.6) is 0 Å². The molecule has 1 aliphatic rings. The number of carbonyl (C=O) groups excluding carboxylic acids is 1. The van der Waals surface area contributed by atoms with E-state index in [-0.39, 0.29) is 11.8 Å². The molecule has 7 nitrogen and oxygen atoms in total. The van der Waals surface area contributed by atoms with Crippen molar-refractivity contribution in [1.29, 1.82) is 0 Å². The lowest BCUT2D eigenvalue weighted by Crippen LogP contribution is -2.32. The molecule has 1 saturated carbocycles. The first-order chi connectivity index (χ1) is 17.0. The van der Waals surface area contributed by atoms with Gasteiger partial charge in [-0.05, 0) is 40.9 Å². The van der Waals surface area contributed by atoms with E-state index in [1.54, 1.807) is 10.9 Å². The standard InChI is InChI=1S/C26H20ClN5O2S/c1-14-2-4-15(5-3-14)19-12-20(16-6-8-17(27)9-7-16)29-26-22(19)23(28)24(35-26)25(33)30-21-13-32(31-34-21)18-10-11-18/h2-9,12-13,18H,10-11H2,1H3,(H2-,28,30,31,33)/p+1. The van der Waals surface area contributed by atoms with Crippen molar-refractivity contribution >= 4 is 50.6 Å². The molecule has 1 fully saturated rings. The number of nitrogen functional groups attached to an aromatic ring is 1. The molecule has 35 heavy (non-hydrogen) atoms. The third kappa shape index (κ3) is 4.15. The Morgan fingerprint density at radius 1 is 1.14 bits per heavy atom. The number of halogens is 1. The van der Waals surface area contributed by atoms with Crippen molar-refractivity contribution in [2.45, 2.75) is 25.8 Å². The number of fused-ring (bicyclic) bond motifs is 1. The fraction of sp³-hybridized carbons (Fsp3) is 0.154. The van der Waals surface area contributed by atoms with Crippen LogP contribution in [0, 0.1) is 6.92 Å². The zero-order chi connectivity index (χ0) is 24.1. The summed E-state index contributed by atoms with van der Waals surface area (Å²) in [5.74, 6) is -0.0696. The highest BCUT2D eigenvalue weighted by Gasteiger charge is 2.36. The van der Waals surface area contributed by atoms with Crippen molar-refractivity contribution < 1.29 is 14.0 Å². The first-order valence-electron chi connectivity index (χ1n) is 11.2. The van der Waals surface area contributed by atoms with Crippen LogP contribution < -0.4 is 15.7 Å². The van der Waals surface area contributed by atoms with Crippen molar-refractivity contribution in [1.82, 2.24) is 10.3 Å². The van der Waals surface area contributed by atoms with E-state index in [1.807, 2.05) is 37.3 Å². The lowest BCUT2D eigenvalue weighted by Gasteiger charge is -2.09. The SMILES string of the molecule is Cc1ccc(-c2cc(-c3ccc(Cl)cc3)nc3sc(C(=O)Nc4c[n+](C5CC5)no4)c(N)c23)cc1. The highest BCUT2D eigenvalue weighted by atomic mass is 35.5. The number of anilines is 2. The van der Waals surface area contributed by atoms with Gasteiger partial charge in [0.25, 0.3) is 12.1 Å². The number of benzene rings is 2. The first-order valence-corrected chi connectivity index (χ1v) is 12.4. The number of amides is 1. The molecule has 0 unspecified atom stereocenters. The molecule has 0 atom stereocenters. The Morgan fingerprint density at radius 3 is 2.57 bits per heavy atom. The van der Waals surface area contributed by atoms with Gasteiger partial charge in [0, 0.05) is 28.8 Å². The third-order valence-corrected chi connectivity index (χ3v) is 7.40. The molecule has 5 aromatic rings. The molecule has 1 amide bonds. The molecule has 0 saturated heterocycles. The number of hydrogen-bond donors (Lipinski definition) is 2. The maximum Gasteiger partial charge on any atom is 0.302 e. The summed E-state index contributed by atoms with van der Waals surface area (Å²) in [4.78, 5) is 19.1. The van der Waals surface area contributed by atoms with Crippen molar-refractivity contribution in [3.8, 4) is 22.4 Å². The summed E-state index contributed by atoms with van der Waals surface area (Å²) in [5, 5.41) is 8.17. The van der Waals surface area contributed by atoms with E-state index in [4.69, 9.17) is 26.8 Å². The molecule has 9 heteroatoms. The quantitative estimate of drug-likeness (QED) is 0.286. The summed E-state index contributed by atoms with van der Waals surface area (Å²) in [6, 6.07) is 18.1. The fourth-order valence-electron chi connectivity index (χ4n) is 4.01. The third-order valence-electron chi connectivity index (χ3n) is 6.05. The Morgan fingerprint density at radius 2 is 1.86 bits per heavy atom. The molecule has 0 bridgehead atoms. The van der Waals surface area contributed by atoms with Crippen LogP contribution in [0.1, 0.15) is 34.1 Å². The fourth-order valence-corrected chi connectivity index (χ4v) is 5.15. The van der Waals surface area contributed by atoms with Gasteiger partial charge in [0.2, 0.25) is 5.27 Å². The van der Waals surface area contributed by atoms with Gasteiger partial charge in [0.05, 0.1) is 11.4 Å². The lowest BCUT2D eigenvalue weighted by molar-refractivity contribution is -0.765. The first kappa shape index (κ1) is 21.8. The van der Waals surface area contributed by atoms with Crippen molar-refractivity contribution in [2.75, 3.05) is 11.1 Å². The van der Waals surface area contributed by atoms with Crippen LogP contribution in [0.4, 0.5) is 11.6 Å². The molecule has 0 radical (unpaired) electrons. The monoisotopic (exact) mass is 502 g/mol. The van der Waals surface area contributed by atoms with E-state index < -0.39 is 0 Å². The Balaban J connectivity index is 1.46. The lowest BCUT2D eigenvalue weighted by atomic mass is 9.99. The Bertz CT molecular complexity index is 1570. The van der Waals surface area contributed by atoms with E-state index in [2.05, 4.69) is 34.9 Å². The van der Waals surface area contributed by atoms with Gasteiger partial charge in [0.15, 0.2) is 6.04 Å². The van der Waals surface area contributed by atoms with Crippen LogP contribution in [-0.2, 0) is 0 Å². The Labute approximate surface area is 210 Å². The van der Waals surface area contributed by atoms with Crippen molar-refractivity contribution in [3.63, 3.8) is 0 Å². The van der Waals surface area contributed by atoms with Gasteiger partial charge in [-0.2, -0.15) is 0 Å². The number of nitrogens with zero attached hydrogens (tertiary/aromatic N) is 3. The van der Waals surface area contributed by atoms with Gasteiger partial charge in [0.1, 0.15) is 9.71 Å². The zero-order valence-electron chi connectivity index (χ0n) is 18.8. The van der Waals surface area contributed by atoms with E-state index in [0.717, 1.165) is 46.2 Å². The molecule has 3 heterocycles. The minimum atomic E-state index is -0.354. The average molecular weight is 503 g/mol. The van der Waals surface area contributed by atoms with Crippen LogP contribution >= 0.6 is 22.9 Å². The second-order valence-electron chi connectivity index (χ2n) is 8.68. The van der Waals surface area contributed by atoms with Crippen molar-refractivity contribution in [3.05, 3.63) is 76.3 Å². The van der Waals surface area contributed by atoms with Crippen LogP contribution in [-0.4, -0.2) is 16.2 Å². The summed E-state index contributed by atoms with van der Waals surface area (Å²) >= 11 is 7.35. The summed E-state index contributed by atoms with van der Waals surface area (Å²) in [6.45, 7) is 2.04. The summed E-state index contributed by atoms with van der Waals surface area (Å²) in [7, 11) is 0. The topological polar surface area (TPSA) is 97.9 Å². The van der Waals surface area contributed by atoms with Gasteiger partial charge in [-0.1, -0.05) is 53.6 Å². The van der Waals surface area contributed by atoms with Gasteiger partial charge >= 0.3 is 5.88 Å². The molecular formula is C26H21ClN5O2S+. The maximum atomic E-state index is 13.2. The maximum absolute atomic E-state index is 13.2. The molecule has 0 aliphatic heterocycles. The number of aryl methyl sites for hydroxylation is 1. The number of carbonyl (C=O) groups is 1. The molecule has 2 aromatic carbocycles. The molecule has 1 aliphatic carbocycles. The molecule has 0 spiro atoms. The number of pyridine rings is 1. The minimum absolute atomic E-state index is 0.285. The smallest absolute Gasteiger partial charge is 0.302 e. The predicted molar refractivity (Wildman–Crippen MR) is 138 cm³/mol. The number of rotatable bonds is 5. The molecule has 6 rings (SSSR count). The normalized spacial score (nSPS) is 13.3. The second kappa shape index (κ2) is 8.48. The molecule has 174 valence electrons. The second-order valence-corrected chi connectivity index (χ2v) is 10.1. The predicted octanol–water partition coefficient (Wildman–Crippen LogP) is 6.04. The van der Waals surface area contributed by atoms with Gasteiger partial charge in [-0.15, -0.1) is 11.3 Å². The number of thiophene rings is 1. The molecule has 3 N–H and O–H groups in total. The highest BCUT2D eigenvalue weighted by Crippen LogP contribution is 2.41. The molecular weight excluding hydrogens is 482 g/mol. The number of nitrogens with one attached hydrogen (secondary N) is 1. The largest absolute Gasteiger partial charge is 0.397 e. The van der Waals surface area contributed by atoms with E-state index in [1.165, 1.54) is 11.3 Å². The molecule has 3 aromatic heterocycles. The van der Waals surface area contributed by atoms with Crippen LogP contribution in [0.25, 0.3) is 32.6 Å². The average Bonchev–Trinajstić information content (AvgIpc) is 3.51. The number of hydrogen-bond acceptors (Lipinski definition) is 6. The van der Waals surface area contributed by atoms with Gasteiger partial charge in [-0.25, -0.2) is 4.98 Å². The minimum Gasteiger partial charge on any atom is -0.397 e.